The van der Waals surface area contributed by atoms with Crippen LogP contribution in [0.3, 0.4) is 0 Å². The fourth-order valence-corrected chi connectivity index (χ4v) is 3.05. The third kappa shape index (κ3) is 3.34. The molecule has 25 heavy (non-hydrogen) atoms. The first-order valence-electron chi connectivity index (χ1n) is 7.22. The van der Waals surface area contributed by atoms with E-state index in [0.717, 1.165) is 28.6 Å². The van der Waals surface area contributed by atoms with E-state index < -0.39 is 4.92 Å². The third-order valence-electron chi connectivity index (χ3n) is 3.66. The first kappa shape index (κ1) is 16.6. The number of rotatable bonds is 4. The van der Waals surface area contributed by atoms with Gasteiger partial charge < -0.3 is 0 Å². The summed E-state index contributed by atoms with van der Waals surface area (Å²) in [7, 11) is 0. The smallest absolute Gasteiger partial charge is 0.258 e. The van der Waals surface area contributed by atoms with Gasteiger partial charge in [-0.25, -0.2) is 0 Å². The molecular weight excluding hydrogens is 340 g/mol. The summed E-state index contributed by atoms with van der Waals surface area (Å²) in [4.78, 5) is 11.1. The van der Waals surface area contributed by atoms with Gasteiger partial charge in [-0.15, -0.1) is 5.10 Å². The number of benzene rings is 2. The molecule has 1 heterocycles. The topological polar surface area (TPSA) is 111 Å². The van der Waals surface area contributed by atoms with Crippen molar-refractivity contribution in [3.63, 3.8) is 0 Å². The highest BCUT2D eigenvalue weighted by atomic mass is 32.2. The SMILES string of the molecule is Cc1ccc(-n2nnnc2Sc2ccc(C#N)cc2[N+](=O)[O-])cc1C. The van der Waals surface area contributed by atoms with Crippen molar-refractivity contribution in [2.45, 2.75) is 23.9 Å². The molecule has 0 amide bonds. The number of aromatic nitrogens is 4. The minimum absolute atomic E-state index is 0.154. The summed E-state index contributed by atoms with van der Waals surface area (Å²) in [6.45, 7) is 4.00. The summed E-state index contributed by atoms with van der Waals surface area (Å²) in [6, 6.07) is 12.0. The first-order valence-corrected chi connectivity index (χ1v) is 8.03. The zero-order valence-corrected chi connectivity index (χ0v) is 14.2. The van der Waals surface area contributed by atoms with Crippen molar-refractivity contribution < 1.29 is 4.92 Å². The van der Waals surface area contributed by atoms with Crippen LogP contribution in [0.15, 0.2) is 46.5 Å². The van der Waals surface area contributed by atoms with Gasteiger partial charge in [0.15, 0.2) is 0 Å². The Kier molecular flexibility index (Phi) is 4.45. The summed E-state index contributed by atoms with van der Waals surface area (Å²) < 4.78 is 1.53. The molecule has 0 fully saturated rings. The molecule has 0 aliphatic heterocycles. The molecule has 0 bridgehead atoms. The number of nitro benzene ring substituents is 1. The quantitative estimate of drug-likeness (QED) is 0.523. The predicted octanol–water partition coefficient (Wildman–Crippen LogP) is 3.21. The Balaban J connectivity index is 2.01. The van der Waals surface area contributed by atoms with Crippen LogP contribution >= 0.6 is 11.8 Å². The van der Waals surface area contributed by atoms with E-state index in [4.69, 9.17) is 5.26 Å². The fraction of sp³-hybridized carbons (Fsp3) is 0.125. The van der Waals surface area contributed by atoms with E-state index in [-0.39, 0.29) is 11.3 Å². The maximum absolute atomic E-state index is 11.3. The molecule has 8 nitrogen and oxygen atoms in total. The monoisotopic (exact) mass is 352 g/mol. The van der Waals surface area contributed by atoms with Crippen LogP contribution in [0, 0.1) is 35.3 Å². The van der Waals surface area contributed by atoms with E-state index in [2.05, 4.69) is 15.5 Å². The fourth-order valence-electron chi connectivity index (χ4n) is 2.18. The predicted molar refractivity (Wildman–Crippen MR) is 90.6 cm³/mol. The number of nitro groups is 1. The highest BCUT2D eigenvalue weighted by Crippen LogP contribution is 2.34. The lowest BCUT2D eigenvalue weighted by Gasteiger charge is -2.07. The van der Waals surface area contributed by atoms with Crippen molar-refractivity contribution in [3.05, 3.63) is 63.2 Å². The van der Waals surface area contributed by atoms with Crippen LogP contribution in [0.1, 0.15) is 16.7 Å². The van der Waals surface area contributed by atoms with Gasteiger partial charge in [0.25, 0.3) is 5.69 Å². The standard InChI is InChI=1S/C16H12N6O2S/c1-10-3-5-13(7-11(10)2)21-16(18-19-20-21)25-15-6-4-12(9-17)8-14(15)22(23)24/h3-8H,1-2H3. The Bertz CT molecular complexity index is 1010. The maximum Gasteiger partial charge on any atom is 0.284 e. The summed E-state index contributed by atoms with van der Waals surface area (Å²) in [5.41, 5.74) is 3.08. The number of tetrazole rings is 1. The molecule has 0 saturated carbocycles. The van der Waals surface area contributed by atoms with E-state index in [1.54, 1.807) is 0 Å². The molecule has 1 aromatic heterocycles. The number of aryl methyl sites for hydroxylation is 2. The molecule has 0 radical (unpaired) electrons. The number of hydrogen-bond donors (Lipinski definition) is 0. The molecule has 0 aliphatic carbocycles. The zero-order valence-electron chi connectivity index (χ0n) is 13.4. The van der Waals surface area contributed by atoms with Crippen LogP contribution in [0.4, 0.5) is 5.69 Å². The van der Waals surface area contributed by atoms with Crippen LogP contribution in [-0.2, 0) is 0 Å². The van der Waals surface area contributed by atoms with E-state index in [0.29, 0.717) is 10.1 Å². The summed E-state index contributed by atoms with van der Waals surface area (Å²) in [5, 5.41) is 32.2. The average molecular weight is 352 g/mol. The lowest BCUT2D eigenvalue weighted by atomic mass is 10.1. The minimum atomic E-state index is -0.521. The Labute approximate surface area is 147 Å². The lowest BCUT2D eigenvalue weighted by molar-refractivity contribution is -0.387. The second kappa shape index (κ2) is 6.70. The normalized spacial score (nSPS) is 10.4. The van der Waals surface area contributed by atoms with Crippen molar-refractivity contribution in [3.8, 4) is 11.8 Å². The average Bonchev–Trinajstić information content (AvgIpc) is 3.05. The second-order valence-corrected chi connectivity index (χ2v) is 6.30. The van der Waals surface area contributed by atoms with E-state index >= 15 is 0 Å². The van der Waals surface area contributed by atoms with Gasteiger partial charge in [0.05, 0.1) is 27.1 Å². The van der Waals surface area contributed by atoms with Crippen molar-refractivity contribution in [2.24, 2.45) is 0 Å². The van der Waals surface area contributed by atoms with Crippen molar-refractivity contribution >= 4 is 17.4 Å². The Morgan fingerprint density at radius 2 is 2.00 bits per heavy atom. The van der Waals surface area contributed by atoms with Crippen molar-refractivity contribution in [1.29, 1.82) is 5.26 Å². The molecule has 9 heteroatoms. The summed E-state index contributed by atoms with van der Waals surface area (Å²) >= 11 is 1.08. The Morgan fingerprint density at radius 1 is 1.20 bits per heavy atom. The van der Waals surface area contributed by atoms with Crippen LogP contribution in [0.2, 0.25) is 0 Å². The molecule has 3 rings (SSSR count). The minimum Gasteiger partial charge on any atom is -0.258 e. The van der Waals surface area contributed by atoms with Gasteiger partial charge in [-0.3, -0.25) is 10.1 Å². The largest absolute Gasteiger partial charge is 0.284 e. The van der Waals surface area contributed by atoms with Crippen LogP contribution in [0.25, 0.3) is 5.69 Å². The van der Waals surface area contributed by atoms with Crippen LogP contribution < -0.4 is 0 Å². The van der Waals surface area contributed by atoms with Gasteiger partial charge >= 0.3 is 0 Å². The van der Waals surface area contributed by atoms with Crippen LogP contribution in [0.5, 0.6) is 0 Å². The summed E-state index contributed by atoms with van der Waals surface area (Å²) in [5.74, 6) is 0. The first-order chi connectivity index (χ1) is 12.0. The van der Waals surface area contributed by atoms with Gasteiger partial charge in [0, 0.05) is 6.07 Å². The second-order valence-electron chi connectivity index (χ2n) is 5.30. The highest BCUT2D eigenvalue weighted by Gasteiger charge is 2.19. The molecule has 2 aromatic carbocycles. The molecule has 0 aliphatic rings. The molecule has 124 valence electrons. The van der Waals surface area contributed by atoms with E-state index in [1.165, 1.54) is 22.9 Å². The Hall–Kier alpha value is -3.25. The van der Waals surface area contributed by atoms with Crippen molar-refractivity contribution in [2.75, 3.05) is 0 Å². The van der Waals surface area contributed by atoms with Gasteiger partial charge in [-0.1, -0.05) is 6.07 Å². The van der Waals surface area contributed by atoms with Crippen molar-refractivity contribution in [1.82, 2.24) is 20.2 Å². The van der Waals surface area contributed by atoms with Gasteiger partial charge in [-0.05, 0) is 71.4 Å². The number of hydrogen-bond acceptors (Lipinski definition) is 7. The molecule has 0 unspecified atom stereocenters. The molecule has 0 saturated heterocycles. The third-order valence-corrected chi connectivity index (χ3v) is 4.66. The van der Waals surface area contributed by atoms with Crippen LogP contribution in [-0.4, -0.2) is 25.1 Å². The van der Waals surface area contributed by atoms with Gasteiger partial charge in [-0.2, -0.15) is 9.94 Å². The van der Waals surface area contributed by atoms with E-state index in [9.17, 15) is 10.1 Å². The maximum atomic E-state index is 11.3. The number of nitriles is 1. The molecule has 0 spiro atoms. The molecule has 3 aromatic rings. The lowest BCUT2D eigenvalue weighted by Crippen LogP contribution is -2.00. The molecule has 0 atom stereocenters. The number of nitrogens with zero attached hydrogens (tertiary/aromatic N) is 6. The van der Waals surface area contributed by atoms with E-state index in [1.807, 2.05) is 38.1 Å². The van der Waals surface area contributed by atoms with Gasteiger partial charge in [0.2, 0.25) is 5.16 Å². The summed E-state index contributed by atoms with van der Waals surface area (Å²) in [6.07, 6.45) is 0. The molecule has 0 N–H and O–H groups in total. The molecular formula is C16H12N6O2S. The Morgan fingerprint density at radius 3 is 2.68 bits per heavy atom. The highest BCUT2D eigenvalue weighted by molar-refractivity contribution is 7.99. The van der Waals surface area contributed by atoms with Gasteiger partial charge in [0.1, 0.15) is 0 Å². The zero-order chi connectivity index (χ0) is 18.0.